The third kappa shape index (κ3) is 3.90. The van der Waals surface area contributed by atoms with Gasteiger partial charge >= 0.3 is 5.69 Å². The number of rotatable bonds is 5. The summed E-state index contributed by atoms with van der Waals surface area (Å²) in [4.78, 5) is 36.3. The summed E-state index contributed by atoms with van der Waals surface area (Å²) in [5.74, 6) is -0.976. The zero-order chi connectivity index (χ0) is 22.9. The van der Waals surface area contributed by atoms with Gasteiger partial charge in [0.05, 0.1) is 30.1 Å². The van der Waals surface area contributed by atoms with Crippen molar-refractivity contribution in [1.82, 2.24) is 5.32 Å². The highest BCUT2D eigenvalue weighted by Crippen LogP contribution is 2.54. The van der Waals surface area contributed by atoms with Gasteiger partial charge in [0.1, 0.15) is 0 Å². The maximum atomic E-state index is 12.7. The fourth-order valence-electron chi connectivity index (χ4n) is 3.99. The standard InChI is InChI=1S/C21H22N2O7S/c1-10(24)22-14-7-5-12-17(11-6-8-16(31-4)15(25)9-13(11)14)20(29-2)21(30-3)19(26)18(12)23(27)28/h6,8-9,14,26H,5,7H2,1-4H3,(H,22,24)/t14-/m0/s1. The smallest absolute Gasteiger partial charge is 0.318 e. The number of carbonyl (C=O) groups excluding carboxylic acids is 1. The van der Waals surface area contributed by atoms with Crippen LogP contribution in [0, 0.1) is 10.1 Å². The molecule has 0 saturated heterocycles. The predicted octanol–water partition coefficient (Wildman–Crippen LogP) is 3.19. The molecule has 1 aliphatic carbocycles. The summed E-state index contributed by atoms with van der Waals surface area (Å²) in [7, 11) is 2.65. The first-order chi connectivity index (χ1) is 14.7. The van der Waals surface area contributed by atoms with Gasteiger partial charge in [0.15, 0.2) is 11.2 Å². The number of carbonyl (C=O) groups is 1. The van der Waals surface area contributed by atoms with Gasteiger partial charge in [-0.25, -0.2) is 0 Å². The molecule has 0 bridgehead atoms. The van der Waals surface area contributed by atoms with Gasteiger partial charge < -0.3 is 19.9 Å². The normalized spacial score (nSPS) is 14.6. The lowest BCUT2D eigenvalue weighted by atomic mass is 9.94. The van der Waals surface area contributed by atoms with Gasteiger partial charge in [-0.05, 0) is 42.4 Å². The van der Waals surface area contributed by atoms with Crippen LogP contribution in [0.4, 0.5) is 5.69 Å². The van der Waals surface area contributed by atoms with Crippen LogP contribution < -0.4 is 20.2 Å². The Morgan fingerprint density at radius 2 is 1.97 bits per heavy atom. The Labute approximate surface area is 182 Å². The number of methoxy groups -OCH3 is 2. The van der Waals surface area contributed by atoms with E-state index in [1.165, 1.54) is 39.0 Å². The number of fused-ring (bicyclic) bond motifs is 3. The number of aromatic hydroxyl groups is 1. The van der Waals surface area contributed by atoms with E-state index in [2.05, 4.69) is 5.32 Å². The molecule has 0 heterocycles. The van der Waals surface area contributed by atoms with Crippen molar-refractivity contribution in [2.75, 3.05) is 20.5 Å². The number of phenolic OH excluding ortho intramolecular Hbond substituents is 1. The Balaban J connectivity index is 2.53. The molecule has 0 aliphatic heterocycles. The average molecular weight is 446 g/mol. The van der Waals surface area contributed by atoms with Crippen LogP contribution in [0.25, 0.3) is 11.1 Å². The number of hydrogen-bond acceptors (Lipinski definition) is 8. The Hall–Kier alpha value is -3.27. The van der Waals surface area contributed by atoms with Crippen molar-refractivity contribution in [1.29, 1.82) is 0 Å². The van der Waals surface area contributed by atoms with Gasteiger partial charge in [-0.15, -0.1) is 11.8 Å². The molecule has 0 spiro atoms. The number of benzene rings is 1. The number of nitrogens with one attached hydrogen (secondary N) is 1. The quantitative estimate of drug-likeness (QED) is 0.407. The van der Waals surface area contributed by atoms with Crippen LogP contribution in [0.15, 0.2) is 27.9 Å². The zero-order valence-electron chi connectivity index (χ0n) is 17.5. The van der Waals surface area contributed by atoms with E-state index in [-0.39, 0.29) is 41.2 Å². The molecule has 31 heavy (non-hydrogen) atoms. The summed E-state index contributed by atoms with van der Waals surface area (Å²) in [6.07, 6.45) is 2.22. The molecule has 0 aromatic heterocycles. The van der Waals surface area contributed by atoms with Crippen molar-refractivity contribution in [2.24, 2.45) is 0 Å². The number of nitrogens with zero attached hydrogens (tertiary/aromatic N) is 1. The van der Waals surface area contributed by atoms with Crippen LogP contribution in [0.3, 0.4) is 0 Å². The molecule has 164 valence electrons. The van der Waals surface area contributed by atoms with Gasteiger partial charge in [-0.1, -0.05) is 6.07 Å². The van der Waals surface area contributed by atoms with E-state index in [0.29, 0.717) is 21.6 Å². The molecular weight excluding hydrogens is 424 g/mol. The number of ether oxygens (including phenoxy) is 2. The van der Waals surface area contributed by atoms with Gasteiger partial charge in [-0.2, -0.15) is 0 Å². The highest BCUT2D eigenvalue weighted by Gasteiger charge is 2.36. The van der Waals surface area contributed by atoms with Crippen molar-refractivity contribution in [3.05, 3.63) is 49.7 Å². The average Bonchev–Trinajstić information content (AvgIpc) is 2.95. The van der Waals surface area contributed by atoms with Crippen LogP contribution in [-0.4, -0.2) is 36.4 Å². The summed E-state index contributed by atoms with van der Waals surface area (Å²) < 4.78 is 10.8. The number of nitro groups is 1. The topological polar surface area (TPSA) is 128 Å². The molecule has 0 saturated carbocycles. The van der Waals surface area contributed by atoms with Crippen LogP contribution >= 0.6 is 11.8 Å². The van der Waals surface area contributed by atoms with Crippen LogP contribution in [0.1, 0.15) is 30.5 Å². The van der Waals surface area contributed by atoms with Gasteiger partial charge in [0.25, 0.3) is 0 Å². The van der Waals surface area contributed by atoms with E-state index in [1.807, 2.05) is 0 Å². The molecule has 2 N–H and O–H groups in total. The summed E-state index contributed by atoms with van der Waals surface area (Å²) >= 11 is 1.27. The Morgan fingerprint density at radius 3 is 2.52 bits per heavy atom. The van der Waals surface area contributed by atoms with E-state index in [1.54, 1.807) is 18.4 Å². The molecule has 3 rings (SSSR count). The van der Waals surface area contributed by atoms with Crippen LogP contribution in [0.5, 0.6) is 17.2 Å². The minimum atomic E-state index is -0.663. The molecule has 0 fully saturated rings. The van der Waals surface area contributed by atoms with Crippen molar-refractivity contribution in [2.45, 2.75) is 30.7 Å². The highest BCUT2D eigenvalue weighted by molar-refractivity contribution is 7.98. The lowest BCUT2D eigenvalue weighted by Crippen LogP contribution is -2.26. The number of thioether (sulfide) groups is 1. The maximum absolute atomic E-state index is 12.7. The highest BCUT2D eigenvalue weighted by atomic mass is 32.2. The maximum Gasteiger partial charge on any atom is 0.318 e. The SMILES string of the molecule is COc1c(O)c([N+](=O)[O-])c2c(c1OC)-c1ccc(SC)c(=O)cc1[C@@H](NC(C)=O)CC2. The largest absolute Gasteiger partial charge is 0.499 e. The summed E-state index contributed by atoms with van der Waals surface area (Å²) in [5, 5.41) is 25.3. The Bertz CT molecular complexity index is 1130. The van der Waals surface area contributed by atoms with Crippen molar-refractivity contribution in [3.63, 3.8) is 0 Å². The molecule has 10 heteroatoms. The second kappa shape index (κ2) is 8.84. The molecule has 1 atom stereocenters. The van der Waals surface area contributed by atoms with Gasteiger partial charge in [0, 0.05) is 18.1 Å². The molecule has 1 amide bonds. The first-order valence-electron chi connectivity index (χ1n) is 9.38. The van der Waals surface area contributed by atoms with Crippen molar-refractivity contribution in [3.8, 4) is 28.4 Å². The fourth-order valence-corrected chi connectivity index (χ4v) is 4.45. The lowest BCUT2D eigenvalue weighted by Gasteiger charge is -2.19. The van der Waals surface area contributed by atoms with E-state index >= 15 is 0 Å². The number of phenols is 1. The molecule has 2 aromatic rings. The third-order valence-corrected chi connectivity index (χ3v) is 6.00. The Morgan fingerprint density at radius 1 is 1.29 bits per heavy atom. The van der Waals surface area contributed by atoms with Gasteiger partial charge in [-0.3, -0.25) is 19.7 Å². The predicted molar refractivity (Wildman–Crippen MR) is 116 cm³/mol. The molecule has 9 nitrogen and oxygen atoms in total. The van der Waals surface area contributed by atoms with E-state index in [0.717, 1.165) is 0 Å². The lowest BCUT2D eigenvalue weighted by molar-refractivity contribution is -0.386. The number of nitro benzene ring substituents is 1. The van der Waals surface area contributed by atoms with E-state index < -0.39 is 22.4 Å². The van der Waals surface area contributed by atoms with E-state index in [4.69, 9.17) is 9.47 Å². The van der Waals surface area contributed by atoms with Crippen molar-refractivity contribution < 1.29 is 24.3 Å². The first-order valence-corrected chi connectivity index (χ1v) is 10.6. The van der Waals surface area contributed by atoms with Gasteiger partial charge in [0.2, 0.25) is 17.4 Å². The minimum absolute atomic E-state index is 0.120. The zero-order valence-corrected chi connectivity index (χ0v) is 18.3. The number of amides is 1. The molecular formula is C21H22N2O7S. The summed E-state index contributed by atoms with van der Waals surface area (Å²) in [6.45, 7) is 1.37. The third-order valence-electron chi connectivity index (χ3n) is 5.22. The molecule has 2 aromatic carbocycles. The summed E-state index contributed by atoms with van der Waals surface area (Å²) in [5.41, 5.74) is 0.891. The second-order valence-corrected chi connectivity index (χ2v) is 7.79. The molecule has 0 radical (unpaired) electrons. The Kier molecular flexibility index (Phi) is 6.40. The van der Waals surface area contributed by atoms with Crippen LogP contribution in [0.2, 0.25) is 0 Å². The second-order valence-electron chi connectivity index (χ2n) is 6.95. The minimum Gasteiger partial charge on any atom is -0.499 e. The van der Waals surface area contributed by atoms with E-state index in [9.17, 15) is 24.8 Å². The first kappa shape index (κ1) is 22.4. The van der Waals surface area contributed by atoms with Crippen molar-refractivity contribution >= 4 is 23.4 Å². The van der Waals surface area contributed by atoms with Crippen LogP contribution in [-0.2, 0) is 11.2 Å². The molecule has 1 aliphatic rings. The number of hydrogen-bond donors (Lipinski definition) is 2. The molecule has 0 unspecified atom stereocenters. The fraction of sp³-hybridized carbons (Fsp3) is 0.333. The summed E-state index contributed by atoms with van der Waals surface area (Å²) in [6, 6.07) is 4.20. The monoisotopic (exact) mass is 446 g/mol.